The molecule has 6 heteroatoms. The van der Waals surface area contributed by atoms with Crippen molar-refractivity contribution < 1.29 is 9.50 Å². The summed E-state index contributed by atoms with van der Waals surface area (Å²) < 4.78 is 13.9. The highest BCUT2D eigenvalue weighted by Crippen LogP contribution is 2.27. The molecule has 0 radical (unpaired) electrons. The minimum absolute atomic E-state index is 0.0566. The number of para-hydroxylation sites is 1. The Hall–Kier alpha value is -2.73. The lowest BCUT2D eigenvalue weighted by atomic mass is 10.0. The van der Waals surface area contributed by atoms with Crippen molar-refractivity contribution >= 4 is 22.7 Å². The van der Waals surface area contributed by atoms with Gasteiger partial charge in [0.25, 0.3) is 0 Å². The molecule has 1 unspecified atom stereocenters. The topological polar surface area (TPSA) is 61.3 Å². The van der Waals surface area contributed by atoms with Crippen molar-refractivity contribution in [1.82, 2.24) is 9.97 Å². The lowest BCUT2D eigenvalue weighted by Gasteiger charge is -2.34. The van der Waals surface area contributed by atoms with Gasteiger partial charge in [-0.25, -0.2) is 9.37 Å². The first-order chi connectivity index (χ1) is 13.8. The van der Waals surface area contributed by atoms with E-state index in [-0.39, 0.29) is 18.5 Å². The van der Waals surface area contributed by atoms with Gasteiger partial charge in [-0.15, -0.1) is 0 Å². The minimum atomic E-state index is -0.184. The number of piperidine rings is 1. The molecule has 1 atom stereocenters. The van der Waals surface area contributed by atoms with Crippen molar-refractivity contribution in [3.8, 4) is 0 Å². The van der Waals surface area contributed by atoms with Gasteiger partial charge in [-0.1, -0.05) is 30.3 Å². The molecule has 0 saturated carbocycles. The highest BCUT2D eigenvalue weighted by atomic mass is 19.1. The summed E-state index contributed by atoms with van der Waals surface area (Å²) >= 11 is 0. The third-order valence-electron chi connectivity index (χ3n) is 5.33. The highest BCUT2D eigenvalue weighted by Gasteiger charge is 2.24. The van der Waals surface area contributed by atoms with Crippen LogP contribution in [0.3, 0.4) is 0 Å². The molecule has 2 N–H and O–H groups in total. The number of hydrogen-bond acceptors (Lipinski definition) is 5. The van der Waals surface area contributed by atoms with Crippen molar-refractivity contribution in [2.75, 3.05) is 29.9 Å². The zero-order valence-corrected chi connectivity index (χ0v) is 15.8. The molecular formula is C22H25FN4O. The quantitative estimate of drug-likeness (QED) is 0.682. The third-order valence-corrected chi connectivity index (χ3v) is 5.33. The Morgan fingerprint density at radius 3 is 2.75 bits per heavy atom. The average Bonchev–Trinajstić information content (AvgIpc) is 2.75. The maximum Gasteiger partial charge on any atom is 0.228 e. The smallest absolute Gasteiger partial charge is 0.228 e. The van der Waals surface area contributed by atoms with Crippen molar-refractivity contribution in [3.05, 3.63) is 59.9 Å². The van der Waals surface area contributed by atoms with Gasteiger partial charge in [-0.3, -0.25) is 0 Å². The minimum Gasteiger partial charge on any atom is -0.394 e. The number of aromatic nitrogens is 2. The Morgan fingerprint density at radius 1 is 1.07 bits per heavy atom. The van der Waals surface area contributed by atoms with Gasteiger partial charge >= 0.3 is 0 Å². The molecule has 0 aliphatic carbocycles. The fourth-order valence-corrected chi connectivity index (χ4v) is 3.80. The van der Waals surface area contributed by atoms with Crippen LogP contribution in [0.15, 0.2) is 48.5 Å². The Labute approximate surface area is 164 Å². The van der Waals surface area contributed by atoms with Gasteiger partial charge in [0, 0.05) is 18.5 Å². The van der Waals surface area contributed by atoms with Gasteiger partial charge in [0.1, 0.15) is 11.6 Å². The molecule has 146 valence electrons. The first kappa shape index (κ1) is 18.6. The van der Waals surface area contributed by atoms with Crippen LogP contribution in [0.4, 0.5) is 16.2 Å². The van der Waals surface area contributed by atoms with E-state index in [4.69, 9.17) is 9.97 Å². The highest BCUT2D eigenvalue weighted by molar-refractivity contribution is 5.90. The summed E-state index contributed by atoms with van der Waals surface area (Å²) in [6.45, 7) is 1.52. The van der Waals surface area contributed by atoms with Gasteiger partial charge in [0.05, 0.1) is 18.2 Å². The zero-order chi connectivity index (χ0) is 19.3. The van der Waals surface area contributed by atoms with Gasteiger partial charge in [0.15, 0.2) is 0 Å². The number of fused-ring (bicyclic) bond motifs is 1. The van der Waals surface area contributed by atoms with E-state index < -0.39 is 0 Å². The van der Waals surface area contributed by atoms with Crippen LogP contribution in [0.1, 0.15) is 24.8 Å². The van der Waals surface area contributed by atoms with E-state index in [2.05, 4.69) is 10.2 Å². The molecule has 0 amide bonds. The Morgan fingerprint density at radius 2 is 1.89 bits per heavy atom. The maximum absolute atomic E-state index is 13.9. The standard InChI is InChI=1S/C22H25FN4O/c23-19-10-3-1-7-16(19)12-13-24-21-18-9-2-4-11-20(18)25-22(26-21)27-14-6-5-8-17(27)15-28/h1-4,7,9-11,17,28H,5-6,8,12-15H2,(H,24,25,26). The molecule has 2 heterocycles. The van der Waals surface area contributed by atoms with Crippen LogP contribution in [-0.4, -0.2) is 40.8 Å². The van der Waals surface area contributed by atoms with E-state index in [9.17, 15) is 9.50 Å². The molecular weight excluding hydrogens is 355 g/mol. The van der Waals surface area contributed by atoms with E-state index in [1.54, 1.807) is 12.1 Å². The van der Waals surface area contributed by atoms with Gasteiger partial charge in [0.2, 0.25) is 5.95 Å². The van der Waals surface area contributed by atoms with Crippen LogP contribution in [-0.2, 0) is 6.42 Å². The van der Waals surface area contributed by atoms with Crippen LogP contribution in [0.25, 0.3) is 10.9 Å². The number of nitrogens with one attached hydrogen (secondary N) is 1. The van der Waals surface area contributed by atoms with Crippen LogP contribution in [0.5, 0.6) is 0 Å². The fraction of sp³-hybridized carbons (Fsp3) is 0.364. The largest absolute Gasteiger partial charge is 0.394 e. The fourth-order valence-electron chi connectivity index (χ4n) is 3.80. The van der Waals surface area contributed by atoms with Crippen molar-refractivity contribution in [2.24, 2.45) is 0 Å². The van der Waals surface area contributed by atoms with Crippen LogP contribution >= 0.6 is 0 Å². The van der Waals surface area contributed by atoms with E-state index in [1.165, 1.54) is 6.07 Å². The number of hydrogen-bond donors (Lipinski definition) is 2. The summed E-state index contributed by atoms with van der Waals surface area (Å²) in [6.07, 6.45) is 3.71. The first-order valence-corrected chi connectivity index (χ1v) is 9.88. The van der Waals surface area contributed by atoms with Gasteiger partial charge in [-0.2, -0.15) is 4.98 Å². The normalized spacial score (nSPS) is 17.1. The SMILES string of the molecule is OCC1CCCCN1c1nc(NCCc2ccccc2F)c2ccccc2n1. The molecule has 2 aromatic carbocycles. The number of halogens is 1. The number of benzene rings is 2. The number of aliphatic hydroxyl groups excluding tert-OH is 1. The van der Waals surface area contributed by atoms with Crippen LogP contribution in [0.2, 0.25) is 0 Å². The van der Waals surface area contributed by atoms with Crippen molar-refractivity contribution in [1.29, 1.82) is 0 Å². The monoisotopic (exact) mass is 380 g/mol. The number of aliphatic hydroxyl groups is 1. The first-order valence-electron chi connectivity index (χ1n) is 9.88. The molecule has 0 bridgehead atoms. The second-order valence-electron chi connectivity index (χ2n) is 7.18. The summed E-state index contributed by atoms with van der Waals surface area (Å²) in [5.41, 5.74) is 1.55. The lowest BCUT2D eigenvalue weighted by Crippen LogP contribution is -2.43. The Balaban J connectivity index is 1.60. The van der Waals surface area contributed by atoms with Crippen molar-refractivity contribution in [2.45, 2.75) is 31.7 Å². The van der Waals surface area contributed by atoms with Gasteiger partial charge < -0.3 is 15.3 Å². The number of rotatable bonds is 6. The second kappa shape index (κ2) is 8.52. The summed E-state index contributed by atoms with van der Waals surface area (Å²) in [6, 6.07) is 14.8. The predicted molar refractivity (Wildman–Crippen MR) is 110 cm³/mol. The van der Waals surface area contributed by atoms with Crippen LogP contribution < -0.4 is 10.2 Å². The molecule has 1 aromatic heterocycles. The average molecular weight is 380 g/mol. The summed E-state index contributed by atoms with van der Waals surface area (Å²) in [5, 5.41) is 14.1. The predicted octanol–water partition coefficient (Wildman–Crippen LogP) is 3.77. The van der Waals surface area contributed by atoms with E-state index in [1.807, 2.05) is 30.3 Å². The van der Waals surface area contributed by atoms with E-state index in [0.717, 1.165) is 42.5 Å². The molecule has 1 aliphatic rings. The third kappa shape index (κ3) is 3.92. The summed E-state index contributed by atoms with van der Waals surface area (Å²) in [7, 11) is 0. The summed E-state index contributed by atoms with van der Waals surface area (Å²) in [5.74, 6) is 1.21. The summed E-state index contributed by atoms with van der Waals surface area (Å²) in [4.78, 5) is 11.6. The zero-order valence-electron chi connectivity index (χ0n) is 15.8. The molecule has 4 rings (SSSR count). The lowest BCUT2D eigenvalue weighted by molar-refractivity contribution is 0.239. The van der Waals surface area contributed by atoms with E-state index in [0.29, 0.717) is 24.5 Å². The maximum atomic E-state index is 13.9. The molecule has 0 spiro atoms. The number of anilines is 2. The van der Waals surface area contributed by atoms with Crippen molar-refractivity contribution in [3.63, 3.8) is 0 Å². The molecule has 28 heavy (non-hydrogen) atoms. The van der Waals surface area contributed by atoms with Gasteiger partial charge in [-0.05, 0) is 49.4 Å². The molecule has 1 fully saturated rings. The Kier molecular flexibility index (Phi) is 5.67. The van der Waals surface area contributed by atoms with E-state index >= 15 is 0 Å². The Bertz CT molecular complexity index is 949. The molecule has 5 nitrogen and oxygen atoms in total. The molecule has 1 saturated heterocycles. The number of nitrogens with zero attached hydrogens (tertiary/aromatic N) is 3. The molecule has 1 aliphatic heterocycles. The molecule has 3 aromatic rings. The van der Waals surface area contributed by atoms with Crippen LogP contribution in [0, 0.1) is 5.82 Å². The second-order valence-corrected chi connectivity index (χ2v) is 7.18.